The van der Waals surface area contributed by atoms with Crippen molar-refractivity contribution in [1.82, 2.24) is 14.5 Å². The van der Waals surface area contributed by atoms with Crippen LogP contribution in [0.3, 0.4) is 0 Å². The predicted octanol–water partition coefficient (Wildman–Crippen LogP) is -0.769. The van der Waals surface area contributed by atoms with Gasteiger partial charge in [0.1, 0.15) is 5.54 Å². The minimum Gasteiger partial charge on any atom is -0.343 e. The molecule has 2 fully saturated rings. The number of hydrogen-bond donors (Lipinski definition) is 1. The largest absolute Gasteiger partial charge is 0.343 e. The first-order valence-corrected chi connectivity index (χ1v) is 7.76. The highest BCUT2D eigenvalue weighted by atomic mass is 32.2. The monoisotopic (exact) mass is 275 g/mol. The zero-order valence-corrected chi connectivity index (χ0v) is 12.0. The molecule has 2 saturated heterocycles. The molecule has 7 heteroatoms. The fraction of sp³-hybridized carbons (Fsp3) is 0.909. The first-order valence-electron chi connectivity index (χ1n) is 6.26. The maximum atomic E-state index is 12.6. The van der Waals surface area contributed by atoms with Crippen molar-refractivity contribution in [2.24, 2.45) is 0 Å². The molecule has 1 amide bonds. The Kier molecular flexibility index (Phi) is 3.42. The van der Waals surface area contributed by atoms with Crippen LogP contribution in [0, 0.1) is 0 Å². The molecule has 0 spiro atoms. The van der Waals surface area contributed by atoms with Gasteiger partial charge in [-0.15, -0.1) is 0 Å². The van der Waals surface area contributed by atoms with E-state index in [0.29, 0.717) is 26.1 Å². The smallest absolute Gasteiger partial charge is 0.243 e. The molecule has 2 rings (SSSR count). The highest BCUT2D eigenvalue weighted by molar-refractivity contribution is 7.89. The molecule has 18 heavy (non-hydrogen) atoms. The summed E-state index contributed by atoms with van der Waals surface area (Å²) in [5, 5.41) is 2.67. The first-order chi connectivity index (χ1) is 8.28. The van der Waals surface area contributed by atoms with Crippen LogP contribution in [-0.4, -0.2) is 67.5 Å². The number of carbonyl (C=O) groups excluding carboxylic acids is 1. The van der Waals surface area contributed by atoms with E-state index < -0.39 is 20.8 Å². The third-order valence-electron chi connectivity index (χ3n) is 3.88. The van der Waals surface area contributed by atoms with Gasteiger partial charge in [-0.2, -0.15) is 4.31 Å². The van der Waals surface area contributed by atoms with E-state index in [1.807, 2.05) is 0 Å². The van der Waals surface area contributed by atoms with Gasteiger partial charge in [0.25, 0.3) is 0 Å². The average Bonchev–Trinajstić information content (AvgIpc) is 2.79. The van der Waals surface area contributed by atoms with Crippen molar-refractivity contribution in [2.45, 2.75) is 31.1 Å². The Morgan fingerprint density at radius 3 is 2.56 bits per heavy atom. The number of rotatable bonds is 2. The predicted molar refractivity (Wildman–Crippen MR) is 68.6 cm³/mol. The molecule has 1 atom stereocenters. The summed E-state index contributed by atoms with van der Waals surface area (Å²) in [5.41, 5.74) is -0.978. The van der Waals surface area contributed by atoms with Crippen molar-refractivity contribution in [2.75, 3.05) is 33.2 Å². The van der Waals surface area contributed by atoms with Crippen LogP contribution in [0.2, 0.25) is 0 Å². The maximum absolute atomic E-state index is 12.6. The second-order valence-electron chi connectivity index (χ2n) is 5.52. The molecule has 6 nitrogen and oxygen atoms in total. The Labute approximate surface area is 108 Å². The van der Waals surface area contributed by atoms with Gasteiger partial charge in [-0.3, -0.25) is 4.79 Å². The van der Waals surface area contributed by atoms with Crippen LogP contribution >= 0.6 is 0 Å². The Bertz CT molecular complexity index is 440. The van der Waals surface area contributed by atoms with Gasteiger partial charge in [0.2, 0.25) is 15.9 Å². The minimum atomic E-state index is -3.40. The molecule has 0 aromatic rings. The molecule has 0 aliphatic carbocycles. The number of carbonyl (C=O) groups is 1. The van der Waals surface area contributed by atoms with Crippen molar-refractivity contribution in [1.29, 1.82) is 0 Å². The highest BCUT2D eigenvalue weighted by Gasteiger charge is 2.48. The molecular weight excluding hydrogens is 254 g/mol. The van der Waals surface area contributed by atoms with Gasteiger partial charge >= 0.3 is 0 Å². The molecule has 2 aliphatic rings. The second kappa shape index (κ2) is 4.47. The molecule has 0 aromatic heterocycles. The molecule has 1 unspecified atom stereocenters. The maximum Gasteiger partial charge on any atom is 0.243 e. The molecule has 1 N–H and O–H groups in total. The fourth-order valence-corrected chi connectivity index (χ4v) is 4.86. The van der Waals surface area contributed by atoms with Gasteiger partial charge in [0.15, 0.2) is 0 Å². The molecule has 2 heterocycles. The SMILES string of the molecule is CN1CCN(S(=O)(=O)C2CCNC2)C(C)(C)C1=O. The van der Waals surface area contributed by atoms with Gasteiger partial charge in [-0.05, 0) is 26.8 Å². The minimum absolute atomic E-state index is 0.136. The Hall–Kier alpha value is -0.660. The van der Waals surface area contributed by atoms with Gasteiger partial charge in [0, 0.05) is 26.7 Å². The lowest BCUT2D eigenvalue weighted by atomic mass is 10.0. The van der Waals surface area contributed by atoms with Crippen molar-refractivity contribution in [3.63, 3.8) is 0 Å². The summed E-state index contributed by atoms with van der Waals surface area (Å²) in [5.74, 6) is -0.136. The average molecular weight is 275 g/mol. The second-order valence-corrected chi connectivity index (χ2v) is 7.65. The summed E-state index contributed by atoms with van der Waals surface area (Å²) in [7, 11) is -1.69. The number of nitrogens with zero attached hydrogens (tertiary/aromatic N) is 2. The Morgan fingerprint density at radius 1 is 1.33 bits per heavy atom. The van der Waals surface area contributed by atoms with E-state index in [-0.39, 0.29) is 5.91 Å². The molecular formula is C11H21N3O3S. The van der Waals surface area contributed by atoms with Gasteiger partial charge < -0.3 is 10.2 Å². The summed E-state index contributed by atoms with van der Waals surface area (Å²) in [4.78, 5) is 13.7. The summed E-state index contributed by atoms with van der Waals surface area (Å²) < 4.78 is 26.5. The van der Waals surface area contributed by atoms with Crippen LogP contribution in [0.25, 0.3) is 0 Å². The first kappa shape index (κ1) is 13.8. The van der Waals surface area contributed by atoms with Crippen LogP contribution in [0.5, 0.6) is 0 Å². The van der Waals surface area contributed by atoms with Gasteiger partial charge in [-0.1, -0.05) is 0 Å². The number of likely N-dealkylation sites (N-methyl/N-ethyl adjacent to an activating group) is 1. The van der Waals surface area contributed by atoms with Crippen LogP contribution in [0.15, 0.2) is 0 Å². The molecule has 0 bridgehead atoms. The number of hydrogen-bond acceptors (Lipinski definition) is 4. The summed E-state index contributed by atoms with van der Waals surface area (Å²) in [6.07, 6.45) is 0.624. The number of sulfonamides is 1. The standard InChI is InChI=1S/C11H21N3O3S/c1-11(2)10(15)13(3)6-7-14(11)18(16,17)9-4-5-12-8-9/h9,12H,4-8H2,1-3H3. The van der Waals surface area contributed by atoms with E-state index >= 15 is 0 Å². The van der Waals surface area contributed by atoms with Gasteiger partial charge in [0.05, 0.1) is 5.25 Å². The quantitative estimate of drug-likeness (QED) is 0.718. The topological polar surface area (TPSA) is 69.7 Å². The number of nitrogens with one attached hydrogen (secondary N) is 1. The Balaban J connectivity index is 2.29. The molecule has 0 aromatic carbocycles. The third-order valence-corrected chi connectivity index (χ3v) is 6.37. The number of amides is 1. The van der Waals surface area contributed by atoms with E-state index in [0.717, 1.165) is 6.54 Å². The fourth-order valence-electron chi connectivity index (χ4n) is 2.70. The van der Waals surface area contributed by atoms with E-state index in [4.69, 9.17) is 0 Å². The molecule has 0 saturated carbocycles. The van der Waals surface area contributed by atoms with E-state index in [1.165, 1.54) is 4.31 Å². The van der Waals surface area contributed by atoms with Crippen molar-refractivity contribution in [3.05, 3.63) is 0 Å². The van der Waals surface area contributed by atoms with Gasteiger partial charge in [-0.25, -0.2) is 8.42 Å². The molecule has 104 valence electrons. The normalized spacial score (nSPS) is 29.8. The summed E-state index contributed by atoms with van der Waals surface area (Å²) in [6, 6.07) is 0. The highest BCUT2D eigenvalue weighted by Crippen LogP contribution is 2.28. The lowest BCUT2D eigenvalue weighted by molar-refractivity contribution is -0.142. The summed E-state index contributed by atoms with van der Waals surface area (Å²) in [6.45, 7) is 5.43. The lowest BCUT2D eigenvalue weighted by Gasteiger charge is -2.44. The van der Waals surface area contributed by atoms with E-state index in [1.54, 1.807) is 25.8 Å². The molecule has 0 radical (unpaired) electrons. The zero-order chi connectivity index (χ0) is 13.6. The van der Waals surface area contributed by atoms with Crippen molar-refractivity contribution < 1.29 is 13.2 Å². The Morgan fingerprint density at radius 2 is 2.00 bits per heavy atom. The van der Waals surface area contributed by atoms with Crippen LogP contribution < -0.4 is 5.32 Å². The van der Waals surface area contributed by atoms with E-state index in [2.05, 4.69) is 5.32 Å². The van der Waals surface area contributed by atoms with Crippen LogP contribution in [-0.2, 0) is 14.8 Å². The van der Waals surface area contributed by atoms with E-state index in [9.17, 15) is 13.2 Å². The lowest BCUT2D eigenvalue weighted by Crippen LogP contribution is -2.64. The number of piperazine rings is 1. The summed E-state index contributed by atoms with van der Waals surface area (Å²) >= 11 is 0. The van der Waals surface area contributed by atoms with Crippen molar-refractivity contribution in [3.8, 4) is 0 Å². The van der Waals surface area contributed by atoms with Crippen LogP contribution in [0.1, 0.15) is 20.3 Å². The molecule has 2 aliphatic heterocycles. The van der Waals surface area contributed by atoms with Crippen LogP contribution in [0.4, 0.5) is 0 Å². The zero-order valence-electron chi connectivity index (χ0n) is 11.1. The van der Waals surface area contributed by atoms with Crippen molar-refractivity contribution >= 4 is 15.9 Å². The third kappa shape index (κ3) is 2.04.